The molecule has 1 aromatic heterocycles. The van der Waals surface area contributed by atoms with Crippen molar-refractivity contribution in [2.45, 2.75) is 6.54 Å². The van der Waals surface area contributed by atoms with E-state index in [0.29, 0.717) is 30.3 Å². The van der Waals surface area contributed by atoms with Gasteiger partial charge in [-0.3, -0.25) is 9.69 Å². The minimum absolute atomic E-state index is 0.0193. The minimum atomic E-state index is -0.0193. The number of aromatic nitrogens is 1. The summed E-state index contributed by atoms with van der Waals surface area (Å²) in [4.78, 5) is 21.8. The van der Waals surface area contributed by atoms with E-state index < -0.39 is 0 Å². The van der Waals surface area contributed by atoms with Gasteiger partial charge in [-0.15, -0.1) is 11.3 Å². The second-order valence-electron chi connectivity index (χ2n) is 7.30. The Labute approximate surface area is 191 Å². The number of nitrogens with zero attached hydrogens (tertiary/aromatic N) is 3. The lowest BCUT2D eigenvalue weighted by molar-refractivity contribution is 0.0623. The second kappa shape index (κ2) is 9.68. The average Bonchev–Trinajstić information content (AvgIpc) is 3.30. The lowest BCUT2D eigenvalue weighted by atomic mass is 10.2. The van der Waals surface area contributed by atoms with Gasteiger partial charge in [-0.25, -0.2) is 4.98 Å². The maximum absolute atomic E-state index is 13.0. The Morgan fingerprint density at radius 2 is 1.74 bits per heavy atom. The first-order chi connectivity index (χ1) is 15.1. The minimum Gasteiger partial charge on any atom is -0.493 e. The van der Waals surface area contributed by atoms with Crippen molar-refractivity contribution in [1.82, 2.24) is 14.8 Å². The quantitative estimate of drug-likeness (QED) is 0.547. The first-order valence-corrected chi connectivity index (χ1v) is 11.3. The predicted octanol–water partition coefficient (Wildman–Crippen LogP) is 4.44. The van der Waals surface area contributed by atoms with Crippen LogP contribution in [0.2, 0.25) is 5.02 Å². The number of hydrogen-bond acceptors (Lipinski definition) is 6. The summed E-state index contributed by atoms with van der Waals surface area (Å²) < 4.78 is 10.7. The van der Waals surface area contributed by atoms with Gasteiger partial charge >= 0.3 is 0 Å². The van der Waals surface area contributed by atoms with E-state index in [9.17, 15) is 4.79 Å². The van der Waals surface area contributed by atoms with Gasteiger partial charge in [0.05, 0.1) is 14.2 Å². The molecule has 0 N–H and O–H groups in total. The molecule has 0 unspecified atom stereocenters. The van der Waals surface area contributed by atoms with Crippen LogP contribution in [0.25, 0.3) is 10.6 Å². The molecular formula is C23H24ClN3O3S. The Balaban J connectivity index is 1.38. The molecule has 0 bridgehead atoms. The molecule has 6 nitrogen and oxygen atoms in total. The smallest absolute Gasteiger partial charge is 0.273 e. The largest absolute Gasteiger partial charge is 0.493 e. The highest BCUT2D eigenvalue weighted by Crippen LogP contribution is 2.33. The van der Waals surface area contributed by atoms with Crippen LogP contribution in [0, 0.1) is 0 Å². The molecule has 0 radical (unpaired) electrons. The highest BCUT2D eigenvalue weighted by Gasteiger charge is 2.24. The highest BCUT2D eigenvalue weighted by molar-refractivity contribution is 7.13. The van der Waals surface area contributed by atoms with Gasteiger partial charge in [0.2, 0.25) is 0 Å². The molecule has 1 amide bonds. The number of carbonyl (C=O) groups is 1. The van der Waals surface area contributed by atoms with Crippen molar-refractivity contribution in [3.8, 4) is 22.1 Å². The van der Waals surface area contributed by atoms with Gasteiger partial charge in [0.25, 0.3) is 5.91 Å². The number of carbonyl (C=O) groups excluding carboxylic acids is 1. The summed E-state index contributed by atoms with van der Waals surface area (Å²) >= 11 is 7.42. The van der Waals surface area contributed by atoms with Crippen molar-refractivity contribution < 1.29 is 14.3 Å². The number of ether oxygens (including phenoxy) is 2. The summed E-state index contributed by atoms with van der Waals surface area (Å²) in [7, 11) is 3.21. The molecule has 162 valence electrons. The van der Waals surface area contributed by atoms with E-state index in [1.54, 1.807) is 14.2 Å². The molecule has 0 saturated carbocycles. The molecule has 0 aliphatic carbocycles. The molecule has 1 saturated heterocycles. The molecule has 8 heteroatoms. The van der Waals surface area contributed by atoms with E-state index >= 15 is 0 Å². The lowest BCUT2D eigenvalue weighted by Gasteiger charge is -2.34. The topological polar surface area (TPSA) is 54.9 Å². The van der Waals surface area contributed by atoms with Crippen LogP contribution in [0.15, 0.2) is 47.8 Å². The van der Waals surface area contributed by atoms with Crippen LogP contribution in [0.1, 0.15) is 16.1 Å². The zero-order valence-corrected chi connectivity index (χ0v) is 19.1. The standard InChI is InChI=1S/C23H24ClN3O3S/c1-29-20-8-5-17(13-21(20)30-2)22-25-19(15-31-22)23(28)27-11-9-26(10-12-27)14-16-3-6-18(24)7-4-16/h3-8,13,15H,9-12,14H2,1-2H3. The summed E-state index contributed by atoms with van der Waals surface area (Å²) in [6, 6.07) is 13.6. The predicted molar refractivity (Wildman–Crippen MR) is 123 cm³/mol. The van der Waals surface area contributed by atoms with Crippen molar-refractivity contribution in [3.05, 3.63) is 64.1 Å². The van der Waals surface area contributed by atoms with E-state index in [2.05, 4.69) is 9.88 Å². The van der Waals surface area contributed by atoms with Crippen molar-refractivity contribution in [3.63, 3.8) is 0 Å². The van der Waals surface area contributed by atoms with E-state index in [1.165, 1.54) is 16.9 Å². The number of amides is 1. The first-order valence-electron chi connectivity index (χ1n) is 10.0. The molecule has 3 aromatic rings. The number of methoxy groups -OCH3 is 2. The van der Waals surface area contributed by atoms with Crippen LogP contribution < -0.4 is 9.47 Å². The van der Waals surface area contributed by atoms with Gasteiger partial charge in [-0.05, 0) is 35.9 Å². The average molecular weight is 458 g/mol. The Bertz CT molecular complexity index is 1050. The molecular weight excluding hydrogens is 434 g/mol. The van der Waals surface area contributed by atoms with Gasteiger partial charge in [0, 0.05) is 48.7 Å². The molecule has 0 atom stereocenters. The SMILES string of the molecule is COc1ccc(-c2nc(C(=O)N3CCN(Cc4ccc(Cl)cc4)CC3)cs2)cc1OC. The van der Waals surface area contributed by atoms with Crippen LogP contribution in [-0.4, -0.2) is 61.1 Å². The maximum atomic E-state index is 13.0. The number of benzene rings is 2. The van der Waals surface area contributed by atoms with Crippen molar-refractivity contribution in [2.75, 3.05) is 40.4 Å². The fourth-order valence-electron chi connectivity index (χ4n) is 3.59. The molecule has 1 aliphatic rings. The molecule has 31 heavy (non-hydrogen) atoms. The Hall–Kier alpha value is -2.61. The normalized spacial score (nSPS) is 14.5. The molecule has 4 rings (SSSR count). The molecule has 1 fully saturated rings. The monoisotopic (exact) mass is 457 g/mol. The zero-order chi connectivity index (χ0) is 21.8. The van der Waals surface area contributed by atoms with E-state index in [-0.39, 0.29) is 5.91 Å². The Kier molecular flexibility index (Phi) is 6.75. The number of rotatable bonds is 6. The van der Waals surface area contributed by atoms with Crippen molar-refractivity contribution >= 4 is 28.8 Å². The van der Waals surface area contributed by atoms with Crippen LogP contribution in [-0.2, 0) is 6.54 Å². The van der Waals surface area contributed by atoms with Crippen molar-refractivity contribution in [1.29, 1.82) is 0 Å². The van der Waals surface area contributed by atoms with Crippen LogP contribution in [0.3, 0.4) is 0 Å². The maximum Gasteiger partial charge on any atom is 0.273 e. The first kappa shape index (κ1) is 21.6. The number of thiazole rings is 1. The summed E-state index contributed by atoms with van der Waals surface area (Å²) in [6.45, 7) is 3.91. The van der Waals surface area contributed by atoms with Gasteiger partial charge in [0.15, 0.2) is 11.5 Å². The van der Waals surface area contributed by atoms with E-state index in [0.717, 1.165) is 35.2 Å². The lowest BCUT2D eigenvalue weighted by Crippen LogP contribution is -2.48. The second-order valence-corrected chi connectivity index (χ2v) is 8.60. The third-order valence-electron chi connectivity index (χ3n) is 5.33. The van der Waals surface area contributed by atoms with Gasteiger partial charge in [0.1, 0.15) is 10.7 Å². The summed E-state index contributed by atoms with van der Waals surface area (Å²) in [5.74, 6) is 1.28. The molecule has 0 spiro atoms. The van der Waals surface area contributed by atoms with Crippen LogP contribution >= 0.6 is 22.9 Å². The summed E-state index contributed by atoms with van der Waals surface area (Å²) in [5.41, 5.74) is 2.61. The summed E-state index contributed by atoms with van der Waals surface area (Å²) in [5, 5.41) is 3.36. The fourth-order valence-corrected chi connectivity index (χ4v) is 4.51. The Morgan fingerprint density at radius 1 is 1.03 bits per heavy atom. The third kappa shape index (κ3) is 5.01. The molecule has 1 aliphatic heterocycles. The zero-order valence-electron chi connectivity index (χ0n) is 17.5. The van der Waals surface area contributed by atoms with Gasteiger partial charge in [-0.2, -0.15) is 0 Å². The van der Waals surface area contributed by atoms with E-state index in [4.69, 9.17) is 21.1 Å². The van der Waals surface area contributed by atoms with Gasteiger partial charge < -0.3 is 14.4 Å². The third-order valence-corrected chi connectivity index (χ3v) is 6.48. The van der Waals surface area contributed by atoms with Gasteiger partial charge in [-0.1, -0.05) is 23.7 Å². The fraction of sp³-hybridized carbons (Fsp3) is 0.304. The number of hydrogen-bond donors (Lipinski definition) is 0. The van der Waals surface area contributed by atoms with E-state index in [1.807, 2.05) is 52.7 Å². The molecule has 2 heterocycles. The van der Waals surface area contributed by atoms with Crippen LogP contribution in [0.4, 0.5) is 0 Å². The number of halogens is 1. The summed E-state index contributed by atoms with van der Waals surface area (Å²) in [6.07, 6.45) is 0. The highest BCUT2D eigenvalue weighted by atomic mass is 35.5. The van der Waals surface area contributed by atoms with Crippen molar-refractivity contribution in [2.24, 2.45) is 0 Å². The number of piperazine rings is 1. The van der Waals surface area contributed by atoms with Crippen LogP contribution in [0.5, 0.6) is 11.5 Å². The molecule has 2 aromatic carbocycles. The Morgan fingerprint density at radius 3 is 2.42 bits per heavy atom.